The predicted molar refractivity (Wildman–Crippen MR) is 89.6 cm³/mol. The molecule has 0 bridgehead atoms. The number of hydrogen-bond donors (Lipinski definition) is 0. The minimum atomic E-state index is 0.858. The molecular formula is C18H27BrO. The fourth-order valence-corrected chi connectivity index (χ4v) is 3.43. The summed E-state index contributed by atoms with van der Waals surface area (Å²) in [7, 11) is 0. The summed E-state index contributed by atoms with van der Waals surface area (Å²) in [5.41, 5.74) is 1.30. The Hall–Kier alpha value is -0.500. The smallest absolute Gasteiger partial charge is 0.119 e. The molecule has 0 heterocycles. The van der Waals surface area contributed by atoms with Crippen LogP contribution in [0.1, 0.15) is 63.4 Å². The Morgan fingerprint density at radius 1 is 0.950 bits per heavy atom. The maximum absolute atomic E-state index is 5.77. The van der Waals surface area contributed by atoms with E-state index in [9.17, 15) is 0 Å². The van der Waals surface area contributed by atoms with Crippen molar-refractivity contribution < 1.29 is 4.74 Å². The average Bonchev–Trinajstić information content (AvgIpc) is 3.00. The summed E-state index contributed by atoms with van der Waals surface area (Å²) in [5.74, 6) is 2.06. The third-order valence-corrected chi connectivity index (χ3v) is 4.98. The number of halogens is 1. The van der Waals surface area contributed by atoms with Gasteiger partial charge in [0.2, 0.25) is 0 Å². The highest BCUT2D eigenvalue weighted by atomic mass is 79.9. The zero-order chi connectivity index (χ0) is 14.0. The molecule has 1 aliphatic rings. The van der Waals surface area contributed by atoms with Crippen LogP contribution in [0.25, 0.3) is 0 Å². The van der Waals surface area contributed by atoms with Gasteiger partial charge in [-0.15, -0.1) is 0 Å². The summed E-state index contributed by atoms with van der Waals surface area (Å²) in [5, 5.41) is 0.911. The van der Waals surface area contributed by atoms with Crippen LogP contribution in [0.15, 0.2) is 24.3 Å². The molecule has 0 amide bonds. The quantitative estimate of drug-likeness (QED) is 0.390. The zero-order valence-electron chi connectivity index (χ0n) is 12.5. The Balaban J connectivity index is 1.46. The molecule has 0 aromatic heterocycles. The second-order valence-corrected chi connectivity index (χ2v) is 6.54. The molecule has 0 radical (unpaired) electrons. The normalized spacial score (nSPS) is 15.7. The van der Waals surface area contributed by atoms with Gasteiger partial charge in [0.15, 0.2) is 0 Å². The van der Waals surface area contributed by atoms with Gasteiger partial charge >= 0.3 is 0 Å². The maximum atomic E-state index is 5.77. The lowest BCUT2D eigenvalue weighted by Gasteiger charge is -2.09. The first-order chi connectivity index (χ1) is 9.88. The first kappa shape index (κ1) is 15.9. The highest BCUT2D eigenvalue weighted by molar-refractivity contribution is 9.08. The molecule has 1 aromatic carbocycles. The van der Waals surface area contributed by atoms with Gasteiger partial charge in [0.25, 0.3) is 0 Å². The van der Waals surface area contributed by atoms with Crippen molar-refractivity contribution in [2.75, 3.05) is 6.61 Å². The van der Waals surface area contributed by atoms with Gasteiger partial charge in [-0.2, -0.15) is 0 Å². The van der Waals surface area contributed by atoms with E-state index in [2.05, 4.69) is 40.2 Å². The van der Waals surface area contributed by atoms with Crippen molar-refractivity contribution in [1.82, 2.24) is 0 Å². The third-order valence-electron chi connectivity index (χ3n) is 4.33. The highest BCUT2D eigenvalue weighted by Gasteiger charge is 2.13. The number of hydrogen-bond acceptors (Lipinski definition) is 1. The summed E-state index contributed by atoms with van der Waals surface area (Å²) >= 11 is 3.45. The molecule has 1 aliphatic carbocycles. The molecule has 112 valence electrons. The van der Waals surface area contributed by atoms with Gasteiger partial charge in [0.1, 0.15) is 5.75 Å². The van der Waals surface area contributed by atoms with Gasteiger partial charge in [-0.3, -0.25) is 0 Å². The Labute approximate surface area is 132 Å². The molecule has 1 saturated carbocycles. The third kappa shape index (κ3) is 5.87. The van der Waals surface area contributed by atoms with Gasteiger partial charge < -0.3 is 4.74 Å². The van der Waals surface area contributed by atoms with E-state index in [1.807, 2.05) is 0 Å². The number of alkyl halides is 1. The van der Waals surface area contributed by atoms with E-state index in [0.717, 1.165) is 23.6 Å². The molecule has 0 saturated heterocycles. The molecular weight excluding hydrogens is 312 g/mol. The summed E-state index contributed by atoms with van der Waals surface area (Å²) in [6.07, 6.45) is 12.7. The Kier molecular flexibility index (Phi) is 7.49. The lowest BCUT2D eigenvalue weighted by atomic mass is 9.99. The first-order valence-electron chi connectivity index (χ1n) is 8.16. The number of unbranched alkanes of at least 4 members (excludes halogenated alkanes) is 3. The number of ether oxygens (including phenoxy) is 1. The second kappa shape index (κ2) is 9.44. The molecule has 0 N–H and O–H groups in total. The van der Waals surface area contributed by atoms with Gasteiger partial charge in [0, 0.05) is 5.33 Å². The Morgan fingerprint density at radius 3 is 2.35 bits per heavy atom. The van der Waals surface area contributed by atoms with E-state index >= 15 is 0 Å². The molecule has 0 atom stereocenters. The van der Waals surface area contributed by atoms with Crippen molar-refractivity contribution in [3.8, 4) is 5.75 Å². The van der Waals surface area contributed by atoms with E-state index in [-0.39, 0.29) is 0 Å². The number of benzene rings is 1. The van der Waals surface area contributed by atoms with Gasteiger partial charge in [-0.1, -0.05) is 79.4 Å². The topological polar surface area (TPSA) is 9.23 Å². The van der Waals surface area contributed by atoms with E-state index < -0.39 is 0 Å². The minimum Gasteiger partial charge on any atom is -0.494 e. The highest BCUT2D eigenvalue weighted by Crippen LogP contribution is 2.29. The Morgan fingerprint density at radius 2 is 1.65 bits per heavy atom. The fraction of sp³-hybridized carbons (Fsp3) is 0.667. The summed E-state index contributed by atoms with van der Waals surface area (Å²) < 4.78 is 5.77. The van der Waals surface area contributed by atoms with Crippen molar-refractivity contribution in [3.63, 3.8) is 0 Å². The van der Waals surface area contributed by atoms with Crippen molar-refractivity contribution in [2.45, 2.75) is 63.1 Å². The summed E-state index contributed by atoms with van der Waals surface area (Å²) in [4.78, 5) is 0. The maximum Gasteiger partial charge on any atom is 0.119 e. The molecule has 2 heteroatoms. The van der Waals surface area contributed by atoms with E-state index in [4.69, 9.17) is 4.74 Å². The van der Waals surface area contributed by atoms with Crippen molar-refractivity contribution >= 4 is 15.9 Å². The van der Waals surface area contributed by atoms with Gasteiger partial charge in [0.05, 0.1) is 6.61 Å². The van der Waals surface area contributed by atoms with Crippen molar-refractivity contribution in [3.05, 3.63) is 29.8 Å². The van der Waals surface area contributed by atoms with E-state index in [0.29, 0.717) is 0 Å². The van der Waals surface area contributed by atoms with Crippen molar-refractivity contribution in [2.24, 2.45) is 5.92 Å². The molecule has 1 nitrogen and oxygen atoms in total. The summed E-state index contributed by atoms with van der Waals surface area (Å²) in [6, 6.07) is 8.37. The fourth-order valence-electron chi connectivity index (χ4n) is 3.05. The zero-order valence-corrected chi connectivity index (χ0v) is 14.0. The monoisotopic (exact) mass is 338 g/mol. The standard InChI is InChI=1S/C18H27BrO/c19-15-17-10-12-18(13-11-17)20-14-6-2-1-3-7-16-8-4-5-9-16/h10-13,16H,1-9,14-15H2. The van der Waals surface area contributed by atoms with E-state index in [1.165, 1.54) is 63.4 Å². The Bertz CT molecular complexity index is 354. The van der Waals surface area contributed by atoms with Crippen LogP contribution >= 0.6 is 15.9 Å². The van der Waals surface area contributed by atoms with Crippen LogP contribution < -0.4 is 4.74 Å². The largest absolute Gasteiger partial charge is 0.494 e. The second-order valence-electron chi connectivity index (χ2n) is 5.98. The first-order valence-corrected chi connectivity index (χ1v) is 9.28. The van der Waals surface area contributed by atoms with Crippen LogP contribution in [0.5, 0.6) is 5.75 Å². The number of rotatable bonds is 9. The lowest BCUT2D eigenvalue weighted by molar-refractivity contribution is 0.303. The average molecular weight is 339 g/mol. The van der Waals surface area contributed by atoms with Gasteiger partial charge in [-0.25, -0.2) is 0 Å². The predicted octanol–water partition coefficient (Wildman–Crippen LogP) is 6.10. The molecule has 1 fully saturated rings. The minimum absolute atomic E-state index is 0.858. The molecule has 0 unspecified atom stereocenters. The SMILES string of the molecule is BrCc1ccc(OCCCCCCC2CCCC2)cc1. The molecule has 1 aromatic rings. The van der Waals surface area contributed by atoms with E-state index in [1.54, 1.807) is 0 Å². The molecule has 20 heavy (non-hydrogen) atoms. The summed E-state index contributed by atoms with van der Waals surface area (Å²) in [6.45, 7) is 0.858. The van der Waals surface area contributed by atoms with Crippen LogP contribution in [0.3, 0.4) is 0 Å². The van der Waals surface area contributed by atoms with Crippen LogP contribution in [0.2, 0.25) is 0 Å². The van der Waals surface area contributed by atoms with Crippen molar-refractivity contribution in [1.29, 1.82) is 0 Å². The van der Waals surface area contributed by atoms with Gasteiger partial charge in [-0.05, 0) is 30.0 Å². The molecule has 0 aliphatic heterocycles. The molecule has 0 spiro atoms. The van der Waals surface area contributed by atoms with Crippen LogP contribution in [-0.4, -0.2) is 6.61 Å². The van der Waals surface area contributed by atoms with Crippen LogP contribution in [0.4, 0.5) is 0 Å². The van der Waals surface area contributed by atoms with Crippen LogP contribution in [-0.2, 0) is 5.33 Å². The van der Waals surface area contributed by atoms with Crippen LogP contribution in [0, 0.1) is 5.92 Å². The lowest BCUT2D eigenvalue weighted by Crippen LogP contribution is -1.98. The molecule has 2 rings (SSSR count).